The number of rotatable bonds is 4. The fraction of sp³-hybridized carbons (Fsp3) is 0.364. The molecule has 1 saturated carbocycles. The van der Waals surface area contributed by atoms with Crippen molar-refractivity contribution in [1.29, 1.82) is 0 Å². The normalized spacial score (nSPS) is 16.4. The van der Waals surface area contributed by atoms with Gasteiger partial charge in [-0.15, -0.1) is 5.10 Å². The van der Waals surface area contributed by atoms with E-state index in [4.69, 9.17) is 9.47 Å². The van der Waals surface area contributed by atoms with E-state index in [0.717, 1.165) is 35.4 Å². The largest absolute Gasteiger partial charge is 0.486 e. The van der Waals surface area contributed by atoms with Crippen molar-refractivity contribution < 1.29 is 9.47 Å². The Morgan fingerprint density at radius 1 is 1.10 bits per heavy atom. The van der Waals surface area contributed by atoms with Crippen LogP contribution >= 0.6 is 11.8 Å². The molecule has 8 nitrogen and oxygen atoms in total. The lowest BCUT2D eigenvalue weighted by molar-refractivity contribution is 0.171. The van der Waals surface area contributed by atoms with Gasteiger partial charge in [-0.1, -0.05) is 30.7 Å². The van der Waals surface area contributed by atoms with E-state index < -0.39 is 0 Å². The van der Waals surface area contributed by atoms with Gasteiger partial charge in [0.15, 0.2) is 11.5 Å². The molecule has 4 heterocycles. The third-order valence-corrected chi connectivity index (χ3v) is 6.84. The van der Waals surface area contributed by atoms with Gasteiger partial charge in [0, 0.05) is 24.2 Å². The van der Waals surface area contributed by atoms with Gasteiger partial charge in [0.1, 0.15) is 13.2 Å². The zero-order valence-electron chi connectivity index (χ0n) is 16.9. The van der Waals surface area contributed by atoms with Crippen molar-refractivity contribution in [2.24, 2.45) is 0 Å². The van der Waals surface area contributed by atoms with Gasteiger partial charge in [0.2, 0.25) is 5.16 Å². The van der Waals surface area contributed by atoms with Crippen LogP contribution in [0.1, 0.15) is 37.3 Å². The van der Waals surface area contributed by atoms with E-state index in [1.165, 1.54) is 24.6 Å². The molecule has 0 amide bonds. The number of thioether (sulfide) groups is 1. The van der Waals surface area contributed by atoms with Crippen LogP contribution in [0.25, 0.3) is 16.7 Å². The second-order valence-electron chi connectivity index (χ2n) is 7.90. The maximum absolute atomic E-state index is 13.0. The minimum Gasteiger partial charge on any atom is -0.486 e. The number of hydrogen-bond donors (Lipinski definition) is 0. The van der Waals surface area contributed by atoms with Gasteiger partial charge in [-0.25, -0.2) is 4.98 Å². The molecule has 0 N–H and O–H groups in total. The van der Waals surface area contributed by atoms with Crippen LogP contribution in [-0.2, 0) is 5.75 Å². The van der Waals surface area contributed by atoms with Gasteiger partial charge < -0.3 is 14.0 Å². The van der Waals surface area contributed by atoms with Crippen molar-refractivity contribution in [3.8, 4) is 11.5 Å². The molecule has 1 aromatic carbocycles. The topological polar surface area (TPSA) is 83.5 Å². The molecule has 0 unspecified atom stereocenters. The van der Waals surface area contributed by atoms with Gasteiger partial charge in [0.05, 0.1) is 10.9 Å². The maximum Gasteiger partial charge on any atom is 0.261 e. The first-order valence-corrected chi connectivity index (χ1v) is 11.5. The SMILES string of the molecule is O=c1c2cnc3nc(SCc4ccc5c(c4)OCCO5)nn3c2ccn1C1CCCC1. The summed E-state index contributed by atoms with van der Waals surface area (Å²) in [4.78, 5) is 22.0. The maximum atomic E-state index is 13.0. The van der Waals surface area contributed by atoms with E-state index >= 15 is 0 Å². The first-order chi connectivity index (χ1) is 15.3. The van der Waals surface area contributed by atoms with E-state index in [1.807, 2.05) is 35.0 Å². The fourth-order valence-corrected chi connectivity index (χ4v) is 5.13. The number of pyridine rings is 1. The molecule has 3 aromatic heterocycles. The third kappa shape index (κ3) is 3.33. The van der Waals surface area contributed by atoms with Crippen molar-refractivity contribution in [3.63, 3.8) is 0 Å². The zero-order valence-corrected chi connectivity index (χ0v) is 17.7. The van der Waals surface area contributed by atoms with Crippen LogP contribution < -0.4 is 15.0 Å². The van der Waals surface area contributed by atoms with E-state index in [0.29, 0.717) is 41.3 Å². The standard InChI is InChI=1S/C22H21N5O3S/c28-20-16-12-23-21-24-22(31-13-14-5-6-18-19(11-14)30-10-9-29-18)25-27(21)17(16)7-8-26(20)15-3-1-2-4-15/h5-8,11-12,15H,1-4,9-10,13H2. The number of ether oxygens (including phenoxy) is 2. The van der Waals surface area contributed by atoms with Crippen LogP contribution in [0.4, 0.5) is 0 Å². The Kier molecular flexibility index (Phi) is 4.56. The molecule has 0 atom stereocenters. The first-order valence-electron chi connectivity index (χ1n) is 10.5. The molecule has 1 aliphatic heterocycles. The summed E-state index contributed by atoms with van der Waals surface area (Å²) in [6.07, 6.45) is 8.00. The van der Waals surface area contributed by atoms with Crippen molar-refractivity contribution in [1.82, 2.24) is 24.1 Å². The predicted molar refractivity (Wildman–Crippen MR) is 117 cm³/mol. The monoisotopic (exact) mass is 435 g/mol. The molecule has 9 heteroatoms. The van der Waals surface area contributed by atoms with Gasteiger partial charge in [0.25, 0.3) is 11.3 Å². The van der Waals surface area contributed by atoms with Crippen molar-refractivity contribution >= 4 is 28.4 Å². The molecule has 0 spiro atoms. The Labute approximate surface area is 182 Å². The summed E-state index contributed by atoms with van der Waals surface area (Å²) in [5.41, 5.74) is 1.84. The Morgan fingerprint density at radius 3 is 2.81 bits per heavy atom. The third-order valence-electron chi connectivity index (χ3n) is 5.93. The molecular weight excluding hydrogens is 414 g/mol. The number of fused-ring (bicyclic) bond motifs is 4. The van der Waals surface area contributed by atoms with Crippen LogP contribution in [0.15, 0.2) is 46.6 Å². The summed E-state index contributed by atoms with van der Waals surface area (Å²) in [7, 11) is 0. The summed E-state index contributed by atoms with van der Waals surface area (Å²) in [5.74, 6) is 2.75. The highest BCUT2D eigenvalue weighted by atomic mass is 32.2. The molecule has 4 aromatic rings. The minimum absolute atomic E-state index is 0.000202. The van der Waals surface area contributed by atoms with E-state index in [2.05, 4.69) is 15.1 Å². The van der Waals surface area contributed by atoms with Gasteiger partial charge >= 0.3 is 0 Å². The predicted octanol–water partition coefficient (Wildman–Crippen LogP) is 3.62. The van der Waals surface area contributed by atoms with E-state index in [9.17, 15) is 4.79 Å². The van der Waals surface area contributed by atoms with Crippen molar-refractivity contribution in [3.05, 3.63) is 52.6 Å². The molecule has 0 saturated heterocycles. The highest BCUT2D eigenvalue weighted by molar-refractivity contribution is 7.98. The number of aromatic nitrogens is 5. The van der Waals surface area contributed by atoms with Crippen LogP contribution in [0.5, 0.6) is 11.5 Å². The molecule has 31 heavy (non-hydrogen) atoms. The molecule has 6 rings (SSSR count). The Morgan fingerprint density at radius 2 is 1.94 bits per heavy atom. The van der Waals surface area contributed by atoms with Crippen LogP contribution in [0.2, 0.25) is 0 Å². The quantitative estimate of drug-likeness (QED) is 0.453. The summed E-state index contributed by atoms with van der Waals surface area (Å²) in [6.45, 7) is 1.15. The highest BCUT2D eigenvalue weighted by Gasteiger charge is 2.20. The number of nitrogens with zero attached hydrogens (tertiary/aromatic N) is 5. The number of benzene rings is 1. The van der Waals surface area contributed by atoms with Crippen LogP contribution in [0.3, 0.4) is 0 Å². The molecule has 0 radical (unpaired) electrons. The average Bonchev–Trinajstić information content (AvgIpc) is 3.48. The molecule has 158 valence electrons. The average molecular weight is 436 g/mol. The lowest BCUT2D eigenvalue weighted by Crippen LogP contribution is -2.23. The minimum atomic E-state index is -0.000202. The zero-order chi connectivity index (χ0) is 20.8. The lowest BCUT2D eigenvalue weighted by Gasteiger charge is -2.18. The van der Waals surface area contributed by atoms with E-state index in [-0.39, 0.29) is 5.56 Å². The Balaban J connectivity index is 1.29. The second-order valence-corrected chi connectivity index (χ2v) is 8.84. The van der Waals surface area contributed by atoms with Gasteiger partial charge in [-0.3, -0.25) is 4.79 Å². The highest BCUT2D eigenvalue weighted by Crippen LogP contribution is 2.33. The lowest BCUT2D eigenvalue weighted by atomic mass is 10.2. The van der Waals surface area contributed by atoms with Crippen molar-refractivity contribution in [2.75, 3.05) is 13.2 Å². The fourth-order valence-electron chi connectivity index (χ4n) is 4.37. The summed E-state index contributed by atoms with van der Waals surface area (Å²) in [6, 6.07) is 8.20. The van der Waals surface area contributed by atoms with Crippen LogP contribution in [-0.4, -0.2) is 37.4 Å². The summed E-state index contributed by atoms with van der Waals surface area (Å²) < 4.78 is 14.8. The summed E-state index contributed by atoms with van der Waals surface area (Å²) >= 11 is 1.52. The molecule has 0 bridgehead atoms. The smallest absolute Gasteiger partial charge is 0.261 e. The molecule has 2 aliphatic rings. The second kappa shape index (κ2) is 7.56. The Bertz CT molecular complexity index is 1340. The summed E-state index contributed by atoms with van der Waals surface area (Å²) in [5, 5.41) is 5.81. The van der Waals surface area contributed by atoms with Crippen LogP contribution in [0, 0.1) is 0 Å². The van der Waals surface area contributed by atoms with Gasteiger partial charge in [-0.2, -0.15) is 9.50 Å². The van der Waals surface area contributed by atoms with Gasteiger partial charge in [-0.05, 0) is 36.6 Å². The molecular formula is C22H21N5O3S. The first kappa shape index (κ1) is 18.7. The molecule has 1 fully saturated rings. The van der Waals surface area contributed by atoms with Crippen molar-refractivity contribution in [2.45, 2.75) is 42.6 Å². The molecule has 1 aliphatic carbocycles. The number of hydrogen-bond acceptors (Lipinski definition) is 7. The Hall–Kier alpha value is -3.07. The van der Waals surface area contributed by atoms with E-state index in [1.54, 1.807) is 10.7 Å².